The number of nitrogens with zero attached hydrogens (tertiary/aromatic N) is 1. The van der Waals surface area contributed by atoms with Gasteiger partial charge in [-0.3, -0.25) is 0 Å². The van der Waals surface area contributed by atoms with Gasteiger partial charge in [0.05, 0.1) is 21.5 Å². The third kappa shape index (κ3) is 4.35. The van der Waals surface area contributed by atoms with E-state index < -0.39 is 5.41 Å². The predicted octanol–water partition coefficient (Wildman–Crippen LogP) is 13.1. The Balaban J connectivity index is 1.30. The van der Waals surface area contributed by atoms with Crippen molar-refractivity contribution in [1.29, 1.82) is 0 Å². The molecule has 9 aromatic rings. The van der Waals surface area contributed by atoms with Crippen molar-refractivity contribution in [3.05, 3.63) is 221 Å². The summed E-state index contributed by atoms with van der Waals surface area (Å²) < 4.78 is 2.42. The number of fused-ring (bicyclic) bond motifs is 6. The van der Waals surface area contributed by atoms with Crippen LogP contribution in [0.5, 0.6) is 0 Å². The second-order valence-electron chi connectivity index (χ2n) is 13.3. The average Bonchev–Trinajstić information content (AvgIpc) is 3.70. The molecule has 240 valence electrons. The van der Waals surface area contributed by atoms with Gasteiger partial charge in [-0.1, -0.05) is 181 Å². The molecule has 0 aliphatic heterocycles. The van der Waals surface area contributed by atoms with Crippen molar-refractivity contribution in [2.24, 2.45) is 0 Å². The highest BCUT2D eigenvalue weighted by Gasteiger charge is 2.47. The summed E-state index contributed by atoms with van der Waals surface area (Å²) in [5.41, 5.74) is 14.8. The fraction of sp³-hybridized carbons (Fsp3) is 0.0204. The van der Waals surface area contributed by atoms with Crippen LogP contribution in [0.25, 0.3) is 60.9 Å². The van der Waals surface area contributed by atoms with Gasteiger partial charge in [0.25, 0.3) is 0 Å². The molecule has 1 unspecified atom stereocenters. The normalized spacial score (nSPS) is 14.8. The number of hydrogen-bond donors (Lipinski definition) is 0. The van der Waals surface area contributed by atoms with Gasteiger partial charge >= 0.3 is 0 Å². The second kappa shape index (κ2) is 11.7. The van der Waals surface area contributed by atoms with Gasteiger partial charge in [0.1, 0.15) is 0 Å². The first-order chi connectivity index (χ1) is 25.2. The minimum Gasteiger partial charge on any atom is -0.309 e. The van der Waals surface area contributed by atoms with E-state index >= 15 is 0 Å². The van der Waals surface area contributed by atoms with E-state index in [0.717, 1.165) is 33.0 Å². The van der Waals surface area contributed by atoms with Crippen LogP contribution >= 0.6 is 11.6 Å². The van der Waals surface area contributed by atoms with E-state index in [4.69, 9.17) is 11.6 Å². The molecule has 0 bridgehead atoms. The lowest BCUT2D eigenvalue weighted by atomic mass is 9.67. The second-order valence-corrected chi connectivity index (χ2v) is 13.7. The zero-order valence-electron chi connectivity index (χ0n) is 27.8. The Hall–Kier alpha value is -6.15. The Morgan fingerprint density at radius 3 is 1.80 bits per heavy atom. The van der Waals surface area contributed by atoms with Gasteiger partial charge in [-0.2, -0.15) is 0 Å². The maximum atomic E-state index is 7.39. The summed E-state index contributed by atoms with van der Waals surface area (Å²) >= 11 is 7.39. The SMILES string of the molecule is Clc1c(-c2ccccc2)cccc1-c1cccc2c1-c1ccccc1C2(c1ccccc1)c1ccc2c3ccccc3n(-c3ccccc3)c2c1. The minimum atomic E-state index is -0.571. The van der Waals surface area contributed by atoms with Gasteiger partial charge in [0.2, 0.25) is 0 Å². The smallest absolute Gasteiger partial charge is 0.0714 e. The number of halogens is 1. The highest BCUT2D eigenvalue weighted by Crippen LogP contribution is 2.59. The lowest BCUT2D eigenvalue weighted by Gasteiger charge is -2.34. The van der Waals surface area contributed by atoms with Crippen LogP contribution in [0.3, 0.4) is 0 Å². The van der Waals surface area contributed by atoms with Crippen LogP contribution < -0.4 is 0 Å². The maximum absolute atomic E-state index is 7.39. The predicted molar refractivity (Wildman–Crippen MR) is 214 cm³/mol. The van der Waals surface area contributed by atoms with Crippen molar-refractivity contribution in [2.75, 3.05) is 0 Å². The fourth-order valence-electron chi connectivity index (χ4n) is 8.67. The Labute approximate surface area is 302 Å². The summed E-state index contributed by atoms with van der Waals surface area (Å²) in [6.07, 6.45) is 0. The summed E-state index contributed by atoms with van der Waals surface area (Å²) in [6.45, 7) is 0. The molecule has 0 radical (unpaired) electrons. The van der Waals surface area contributed by atoms with E-state index in [1.54, 1.807) is 0 Å². The van der Waals surface area contributed by atoms with Gasteiger partial charge in [-0.25, -0.2) is 0 Å². The number of para-hydroxylation sites is 2. The van der Waals surface area contributed by atoms with E-state index in [2.05, 4.69) is 193 Å². The summed E-state index contributed by atoms with van der Waals surface area (Å²) in [7, 11) is 0. The van der Waals surface area contributed by atoms with E-state index in [-0.39, 0.29) is 0 Å². The molecule has 0 saturated heterocycles. The number of aromatic nitrogens is 1. The molecule has 0 spiro atoms. The molecule has 0 amide bonds. The number of rotatable bonds is 5. The Morgan fingerprint density at radius 1 is 0.392 bits per heavy atom. The molecule has 1 aliphatic carbocycles. The first kappa shape index (κ1) is 29.7. The molecule has 0 N–H and O–H groups in total. The quantitative estimate of drug-likeness (QED) is 0.172. The van der Waals surface area contributed by atoms with E-state index in [1.807, 2.05) is 6.07 Å². The van der Waals surface area contributed by atoms with Gasteiger partial charge in [-0.15, -0.1) is 0 Å². The Kier molecular flexibility index (Phi) is 6.84. The van der Waals surface area contributed by atoms with Crippen LogP contribution in [0.4, 0.5) is 0 Å². The zero-order valence-corrected chi connectivity index (χ0v) is 28.6. The molecule has 1 atom stereocenters. The lowest BCUT2D eigenvalue weighted by Crippen LogP contribution is -2.28. The summed E-state index contributed by atoms with van der Waals surface area (Å²) in [5, 5.41) is 3.26. The summed E-state index contributed by atoms with van der Waals surface area (Å²) in [5.74, 6) is 0. The Bertz CT molecular complexity index is 2750. The van der Waals surface area contributed by atoms with Crippen molar-refractivity contribution >= 4 is 33.4 Å². The standard InChI is InChI=1S/C49H32ClN/c50-48-37(33-16-4-1-5-17-33)24-14-26-41(48)40-25-15-28-44-47(40)42-23-10-12-27-43(42)49(44,34-18-6-2-7-19-34)35-30-31-39-38-22-11-13-29-45(38)51(46(39)32-35)36-20-8-3-9-21-36/h1-32H. The van der Waals surface area contributed by atoms with Crippen LogP contribution in [0.1, 0.15) is 22.3 Å². The summed E-state index contributed by atoms with van der Waals surface area (Å²) in [6, 6.07) is 70.2. The van der Waals surface area contributed by atoms with Crippen molar-refractivity contribution < 1.29 is 0 Å². The molecule has 2 heteroatoms. The summed E-state index contributed by atoms with van der Waals surface area (Å²) in [4.78, 5) is 0. The highest BCUT2D eigenvalue weighted by atomic mass is 35.5. The van der Waals surface area contributed by atoms with Crippen molar-refractivity contribution in [2.45, 2.75) is 5.41 Å². The molecular weight excluding hydrogens is 638 g/mol. The van der Waals surface area contributed by atoms with Crippen LogP contribution in [0.15, 0.2) is 194 Å². The average molecular weight is 670 g/mol. The van der Waals surface area contributed by atoms with E-state index in [9.17, 15) is 0 Å². The van der Waals surface area contributed by atoms with Crippen molar-refractivity contribution in [3.8, 4) is 39.1 Å². The van der Waals surface area contributed by atoms with E-state index in [0.29, 0.717) is 0 Å². The fourth-order valence-corrected chi connectivity index (χ4v) is 9.01. The maximum Gasteiger partial charge on any atom is 0.0714 e. The topological polar surface area (TPSA) is 4.93 Å². The van der Waals surface area contributed by atoms with Crippen LogP contribution in [-0.4, -0.2) is 4.57 Å². The van der Waals surface area contributed by atoms with E-state index in [1.165, 1.54) is 55.2 Å². The van der Waals surface area contributed by atoms with Crippen LogP contribution in [0.2, 0.25) is 5.02 Å². The Morgan fingerprint density at radius 2 is 0.980 bits per heavy atom. The third-order valence-corrected chi connectivity index (χ3v) is 11.2. The van der Waals surface area contributed by atoms with Gasteiger partial charge in [0.15, 0.2) is 0 Å². The first-order valence-electron chi connectivity index (χ1n) is 17.5. The number of benzene rings is 8. The molecule has 8 aromatic carbocycles. The lowest BCUT2D eigenvalue weighted by molar-refractivity contribution is 0.769. The van der Waals surface area contributed by atoms with Gasteiger partial charge in [-0.05, 0) is 68.8 Å². The molecule has 10 rings (SSSR count). The third-order valence-electron chi connectivity index (χ3n) is 10.8. The molecule has 0 fully saturated rings. The highest BCUT2D eigenvalue weighted by molar-refractivity contribution is 6.36. The molecule has 51 heavy (non-hydrogen) atoms. The number of hydrogen-bond acceptors (Lipinski definition) is 0. The van der Waals surface area contributed by atoms with Crippen molar-refractivity contribution in [1.82, 2.24) is 4.57 Å². The monoisotopic (exact) mass is 669 g/mol. The zero-order chi connectivity index (χ0) is 33.9. The molecular formula is C49H32ClN. The molecule has 1 aromatic heterocycles. The minimum absolute atomic E-state index is 0.571. The molecule has 1 nitrogen and oxygen atoms in total. The largest absolute Gasteiger partial charge is 0.309 e. The first-order valence-corrected chi connectivity index (χ1v) is 17.9. The van der Waals surface area contributed by atoms with Crippen LogP contribution in [0, 0.1) is 0 Å². The molecule has 1 aliphatic rings. The van der Waals surface area contributed by atoms with Crippen molar-refractivity contribution in [3.63, 3.8) is 0 Å². The molecule has 0 saturated carbocycles. The van der Waals surface area contributed by atoms with Gasteiger partial charge < -0.3 is 4.57 Å². The molecule has 1 heterocycles. The van der Waals surface area contributed by atoms with Crippen LogP contribution in [-0.2, 0) is 5.41 Å². The van der Waals surface area contributed by atoms with Gasteiger partial charge in [0, 0.05) is 27.6 Å².